The summed E-state index contributed by atoms with van der Waals surface area (Å²) >= 11 is 5.84. The van der Waals surface area contributed by atoms with Crippen LogP contribution in [0.1, 0.15) is 44.5 Å². The molecular formula is C17H21ClN2O4. The van der Waals surface area contributed by atoms with Crippen LogP contribution in [0.2, 0.25) is 5.02 Å². The second-order valence-electron chi connectivity index (χ2n) is 6.63. The molecule has 0 spiro atoms. The molecule has 1 aliphatic rings. The zero-order valence-corrected chi connectivity index (χ0v) is 14.9. The van der Waals surface area contributed by atoms with Crippen molar-refractivity contribution >= 4 is 29.2 Å². The molecule has 24 heavy (non-hydrogen) atoms. The zero-order valence-electron chi connectivity index (χ0n) is 14.2. The summed E-state index contributed by atoms with van der Waals surface area (Å²) < 4.78 is 4.95. The number of hydrogen-bond donors (Lipinski definition) is 1. The number of aliphatic hydroxyl groups is 1. The van der Waals surface area contributed by atoms with Crippen LogP contribution >= 0.6 is 11.6 Å². The van der Waals surface area contributed by atoms with Crippen LogP contribution in [-0.2, 0) is 9.53 Å². The number of rotatable bonds is 3. The fourth-order valence-corrected chi connectivity index (χ4v) is 2.51. The first-order valence-electron chi connectivity index (χ1n) is 7.67. The highest BCUT2D eigenvalue weighted by Crippen LogP contribution is 2.41. The average Bonchev–Trinajstić information content (AvgIpc) is 2.87. The topological polar surface area (TPSA) is 79.2 Å². The fraction of sp³-hybridized carbons (Fsp3) is 0.471. The van der Waals surface area contributed by atoms with E-state index in [0.29, 0.717) is 10.6 Å². The first-order valence-corrected chi connectivity index (χ1v) is 8.05. The summed E-state index contributed by atoms with van der Waals surface area (Å²) in [5.41, 5.74) is -2.02. The van der Waals surface area contributed by atoms with Crippen molar-refractivity contribution in [2.24, 2.45) is 10.5 Å². The zero-order chi connectivity index (χ0) is 18.1. The van der Waals surface area contributed by atoms with Crippen molar-refractivity contribution in [3.8, 4) is 0 Å². The Morgan fingerprint density at radius 1 is 1.33 bits per heavy atom. The second kappa shape index (κ2) is 6.53. The van der Waals surface area contributed by atoms with E-state index < -0.39 is 23.0 Å². The van der Waals surface area contributed by atoms with E-state index in [-0.39, 0.29) is 18.7 Å². The van der Waals surface area contributed by atoms with E-state index in [9.17, 15) is 14.7 Å². The van der Waals surface area contributed by atoms with E-state index in [1.807, 2.05) is 0 Å². The van der Waals surface area contributed by atoms with E-state index in [2.05, 4.69) is 5.10 Å². The normalized spacial score (nSPS) is 20.8. The Labute approximate surface area is 146 Å². The molecule has 1 amide bonds. The van der Waals surface area contributed by atoms with Gasteiger partial charge in [0.2, 0.25) is 0 Å². The van der Waals surface area contributed by atoms with E-state index in [1.165, 1.54) is 0 Å². The van der Waals surface area contributed by atoms with Gasteiger partial charge in [0, 0.05) is 22.4 Å². The van der Waals surface area contributed by atoms with E-state index in [1.54, 1.807) is 52.0 Å². The Bertz CT molecular complexity index is 679. The summed E-state index contributed by atoms with van der Waals surface area (Å²) in [7, 11) is 0. The number of esters is 1. The first kappa shape index (κ1) is 18.4. The standard InChI is InChI=1S/C17H21ClN2O4/c1-5-24-15(22)13-10-17(23,16(2,3)4)20(19-13)14(21)11-6-8-12(18)9-7-11/h6-9,23H,5,10H2,1-4H3/t17-/m1/s1. The predicted molar refractivity (Wildman–Crippen MR) is 90.7 cm³/mol. The van der Waals surface area contributed by atoms with Crippen LogP contribution in [0.5, 0.6) is 0 Å². The molecule has 0 saturated carbocycles. The molecule has 0 fully saturated rings. The fourth-order valence-electron chi connectivity index (χ4n) is 2.39. The summed E-state index contributed by atoms with van der Waals surface area (Å²) in [5.74, 6) is -1.14. The maximum Gasteiger partial charge on any atom is 0.354 e. The van der Waals surface area contributed by atoms with Gasteiger partial charge in [0.15, 0.2) is 11.4 Å². The quantitative estimate of drug-likeness (QED) is 0.848. The van der Waals surface area contributed by atoms with Crippen LogP contribution in [0.25, 0.3) is 0 Å². The van der Waals surface area contributed by atoms with Crippen LogP contribution < -0.4 is 0 Å². The summed E-state index contributed by atoms with van der Waals surface area (Å²) in [6.45, 7) is 7.20. The number of hydrazone groups is 1. The number of nitrogens with zero attached hydrogens (tertiary/aromatic N) is 2. The molecule has 0 unspecified atom stereocenters. The van der Waals surface area contributed by atoms with Crippen molar-refractivity contribution in [2.45, 2.75) is 39.8 Å². The van der Waals surface area contributed by atoms with Crippen LogP contribution in [0.15, 0.2) is 29.4 Å². The van der Waals surface area contributed by atoms with E-state index in [4.69, 9.17) is 16.3 Å². The molecule has 1 N–H and O–H groups in total. The lowest BCUT2D eigenvalue weighted by molar-refractivity contribution is -0.144. The minimum absolute atomic E-state index is 0.0246. The number of carbonyl (C=O) groups excluding carboxylic acids is 2. The van der Waals surface area contributed by atoms with Crippen molar-refractivity contribution in [2.75, 3.05) is 6.61 Å². The van der Waals surface area contributed by atoms with Gasteiger partial charge in [-0.15, -0.1) is 0 Å². The van der Waals surface area contributed by atoms with Crippen molar-refractivity contribution in [3.05, 3.63) is 34.9 Å². The summed E-state index contributed by atoms with van der Waals surface area (Å²) in [6, 6.07) is 6.26. The second-order valence-corrected chi connectivity index (χ2v) is 7.07. The molecule has 7 heteroatoms. The first-order chi connectivity index (χ1) is 11.1. The number of carbonyl (C=O) groups is 2. The van der Waals surface area contributed by atoms with Gasteiger partial charge in [-0.25, -0.2) is 4.79 Å². The molecule has 0 bridgehead atoms. The van der Waals surface area contributed by atoms with E-state index >= 15 is 0 Å². The summed E-state index contributed by atoms with van der Waals surface area (Å²) in [5, 5.41) is 16.7. The summed E-state index contributed by atoms with van der Waals surface area (Å²) in [4.78, 5) is 24.8. The van der Waals surface area contributed by atoms with Gasteiger partial charge in [-0.05, 0) is 31.2 Å². The third kappa shape index (κ3) is 3.30. The molecule has 1 aliphatic heterocycles. The van der Waals surface area contributed by atoms with Gasteiger partial charge in [-0.3, -0.25) is 4.79 Å². The van der Waals surface area contributed by atoms with Crippen molar-refractivity contribution in [1.82, 2.24) is 5.01 Å². The monoisotopic (exact) mass is 352 g/mol. The Morgan fingerprint density at radius 2 is 1.92 bits per heavy atom. The Morgan fingerprint density at radius 3 is 2.42 bits per heavy atom. The number of hydrogen-bond acceptors (Lipinski definition) is 5. The van der Waals surface area contributed by atoms with Gasteiger partial charge in [0.05, 0.1) is 6.61 Å². The Hall–Kier alpha value is -1.92. The van der Waals surface area contributed by atoms with Crippen molar-refractivity contribution < 1.29 is 19.4 Å². The molecule has 1 atom stereocenters. The lowest BCUT2D eigenvalue weighted by Gasteiger charge is -2.41. The predicted octanol–water partition coefficient (Wildman–Crippen LogP) is 2.84. The molecule has 1 aromatic rings. The van der Waals surface area contributed by atoms with Crippen molar-refractivity contribution in [1.29, 1.82) is 0 Å². The Balaban J connectivity index is 2.42. The third-order valence-electron chi connectivity index (χ3n) is 3.98. The maximum absolute atomic E-state index is 12.8. The number of benzene rings is 1. The maximum atomic E-state index is 12.8. The molecular weight excluding hydrogens is 332 g/mol. The smallest absolute Gasteiger partial charge is 0.354 e. The largest absolute Gasteiger partial charge is 0.461 e. The molecule has 0 saturated heterocycles. The summed E-state index contributed by atoms with van der Waals surface area (Å²) in [6.07, 6.45) is -0.0886. The minimum atomic E-state index is -1.63. The lowest BCUT2D eigenvalue weighted by atomic mass is 9.80. The van der Waals surface area contributed by atoms with Gasteiger partial charge in [-0.1, -0.05) is 32.4 Å². The van der Waals surface area contributed by atoms with Crippen LogP contribution in [0.3, 0.4) is 0 Å². The average molecular weight is 353 g/mol. The van der Waals surface area contributed by atoms with Crippen LogP contribution in [0, 0.1) is 5.41 Å². The number of halogens is 1. The molecule has 0 aromatic heterocycles. The molecule has 2 rings (SSSR count). The Kier molecular flexibility index (Phi) is 5.01. The highest BCUT2D eigenvalue weighted by atomic mass is 35.5. The molecule has 0 aliphatic carbocycles. The third-order valence-corrected chi connectivity index (χ3v) is 4.23. The molecule has 0 radical (unpaired) electrons. The molecule has 130 valence electrons. The van der Waals surface area contributed by atoms with Crippen molar-refractivity contribution in [3.63, 3.8) is 0 Å². The number of amides is 1. The molecule has 6 nitrogen and oxygen atoms in total. The minimum Gasteiger partial charge on any atom is -0.461 e. The lowest BCUT2D eigenvalue weighted by Crippen LogP contribution is -2.55. The highest BCUT2D eigenvalue weighted by Gasteiger charge is 2.54. The van der Waals surface area contributed by atoms with Gasteiger partial charge in [0.1, 0.15) is 0 Å². The van der Waals surface area contributed by atoms with Gasteiger partial charge in [-0.2, -0.15) is 10.1 Å². The molecule has 1 heterocycles. The molecule has 1 aromatic carbocycles. The SMILES string of the molecule is CCOC(=O)C1=NN(C(=O)c2ccc(Cl)cc2)[C@](O)(C(C)(C)C)C1. The van der Waals surface area contributed by atoms with Gasteiger partial charge in [0.25, 0.3) is 5.91 Å². The highest BCUT2D eigenvalue weighted by molar-refractivity contribution is 6.37. The van der Waals surface area contributed by atoms with Gasteiger partial charge >= 0.3 is 5.97 Å². The van der Waals surface area contributed by atoms with Crippen LogP contribution in [0.4, 0.5) is 0 Å². The van der Waals surface area contributed by atoms with Crippen LogP contribution in [-0.4, -0.2) is 40.0 Å². The van der Waals surface area contributed by atoms with Gasteiger partial charge < -0.3 is 9.84 Å². The number of ether oxygens (including phenoxy) is 1. The van der Waals surface area contributed by atoms with E-state index in [0.717, 1.165) is 5.01 Å².